The first-order valence-corrected chi connectivity index (χ1v) is 20.8. The molecule has 0 aliphatic carbocycles. The van der Waals surface area contributed by atoms with Gasteiger partial charge in [-0.2, -0.15) is 0 Å². The van der Waals surface area contributed by atoms with Crippen molar-refractivity contribution >= 4 is 34.8 Å². The van der Waals surface area contributed by atoms with E-state index >= 15 is 0 Å². The number of benzene rings is 4. The van der Waals surface area contributed by atoms with Gasteiger partial charge in [-0.25, -0.2) is 19.6 Å². The minimum atomic E-state index is -1.24. The lowest BCUT2D eigenvalue weighted by atomic mass is 9.98. The van der Waals surface area contributed by atoms with E-state index in [1.807, 2.05) is 56.3 Å². The van der Waals surface area contributed by atoms with E-state index in [1.165, 1.54) is 7.11 Å². The number of hydrogen-bond acceptors (Lipinski definition) is 8. The summed E-state index contributed by atoms with van der Waals surface area (Å²) in [6.07, 6.45) is 3.54. The van der Waals surface area contributed by atoms with Crippen LogP contribution in [-0.2, 0) is 19.1 Å². The number of imidazole rings is 2. The molecule has 4 amide bonds. The Morgan fingerprint density at radius 3 is 2.00 bits per heavy atom. The number of methoxy groups -OCH3 is 2. The minimum absolute atomic E-state index is 0.202. The van der Waals surface area contributed by atoms with Crippen LogP contribution in [0.4, 0.5) is 9.59 Å². The third-order valence-corrected chi connectivity index (χ3v) is 12.0. The number of fused-ring (bicyclic) bond motifs is 1. The molecule has 6 aromatic rings. The fourth-order valence-corrected chi connectivity index (χ4v) is 8.63. The zero-order valence-corrected chi connectivity index (χ0v) is 35.0. The van der Waals surface area contributed by atoms with E-state index < -0.39 is 30.3 Å². The van der Waals surface area contributed by atoms with Gasteiger partial charge in [0.25, 0.3) is 5.91 Å². The van der Waals surface area contributed by atoms with Gasteiger partial charge in [0, 0.05) is 32.2 Å². The average Bonchev–Trinajstić information content (AvgIpc) is 4.14. The Labute approximate surface area is 358 Å². The van der Waals surface area contributed by atoms with Crippen molar-refractivity contribution in [2.24, 2.45) is 5.92 Å². The number of ether oxygens (including phenoxy) is 2. The van der Waals surface area contributed by atoms with Crippen LogP contribution >= 0.6 is 0 Å². The number of rotatable bonds is 12. The smallest absolute Gasteiger partial charge is 0.407 e. The Balaban J connectivity index is 0.955. The van der Waals surface area contributed by atoms with Crippen molar-refractivity contribution in [3.63, 3.8) is 0 Å². The highest BCUT2D eigenvalue weighted by atomic mass is 16.5. The summed E-state index contributed by atoms with van der Waals surface area (Å²) in [5.74, 6) is 0.555. The number of nitrogens with one attached hydrogen (secondary N) is 4. The summed E-state index contributed by atoms with van der Waals surface area (Å²) >= 11 is 0. The number of alkyl carbamates (subject to hydrolysis) is 1. The number of amides is 4. The number of carbonyl (C=O) groups excluding carboxylic acids is 3. The first-order chi connectivity index (χ1) is 30.0. The molecule has 0 radical (unpaired) electrons. The Bertz CT molecular complexity index is 2570. The summed E-state index contributed by atoms with van der Waals surface area (Å²) in [5.41, 5.74) is 6.33. The summed E-state index contributed by atoms with van der Waals surface area (Å²) in [7, 11) is 2.89. The molecule has 2 aliphatic heterocycles. The van der Waals surface area contributed by atoms with Crippen LogP contribution in [0.2, 0.25) is 0 Å². The maximum absolute atomic E-state index is 13.9. The van der Waals surface area contributed by atoms with Crippen LogP contribution in [0.3, 0.4) is 0 Å². The molecule has 4 heterocycles. The van der Waals surface area contributed by atoms with Crippen LogP contribution in [-0.4, -0.2) is 98.3 Å². The van der Waals surface area contributed by atoms with E-state index in [4.69, 9.17) is 14.5 Å². The molecule has 320 valence electrons. The quantitative estimate of drug-likeness (QED) is 0.0824. The monoisotopic (exact) mass is 838 g/mol. The third kappa shape index (κ3) is 8.61. The second-order valence-corrected chi connectivity index (χ2v) is 16.2. The molecule has 15 nitrogen and oxygen atoms in total. The minimum Gasteiger partial charge on any atom is -0.465 e. The van der Waals surface area contributed by atoms with E-state index in [2.05, 4.69) is 74.1 Å². The van der Waals surface area contributed by atoms with Crippen LogP contribution in [0.15, 0.2) is 103 Å². The predicted molar refractivity (Wildman–Crippen MR) is 233 cm³/mol. The van der Waals surface area contributed by atoms with E-state index in [1.54, 1.807) is 29.3 Å². The van der Waals surface area contributed by atoms with Crippen LogP contribution < -0.4 is 10.6 Å². The van der Waals surface area contributed by atoms with Gasteiger partial charge in [-0.1, -0.05) is 92.7 Å². The fourth-order valence-electron chi connectivity index (χ4n) is 8.63. The number of aromatic amines is 2. The number of carboxylic acid groups (broad SMARTS) is 1. The Hall–Kier alpha value is -7.00. The van der Waals surface area contributed by atoms with Gasteiger partial charge in [0.15, 0.2) is 0 Å². The first-order valence-electron chi connectivity index (χ1n) is 20.8. The Morgan fingerprint density at radius 2 is 1.35 bits per heavy atom. The molecule has 4 aromatic carbocycles. The second kappa shape index (κ2) is 17.9. The summed E-state index contributed by atoms with van der Waals surface area (Å²) in [5, 5.41) is 16.6. The van der Waals surface area contributed by atoms with Gasteiger partial charge in [-0.15, -0.1) is 0 Å². The number of likely N-dealkylation sites (tertiary alicyclic amines) is 2. The molecule has 0 bridgehead atoms. The first kappa shape index (κ1) is 41.7. The van der Waals surface area contributed by atoms with Crippen molar-refractivity contribution in [3.8, 4) is 33.6 Å². The molecule has 0 saturated carbocycles. The lowest BCUT2D eigenvalue weighted by Gasteiger charge is -2.29. The van der Waals surface area contributed by atoms with Crippen LogP contribution in [0.25, 0.3) is 44.4 Å². The largest absolute Gasteiger partial charge is 0.465 e. The van der Waals surface area contributed by atoms with Crippen LogP contribution in [0.5, 0.6) is 0 Å². The number of aromatic nitrogens is 4. The van der Waals surface area contributed by atoms with Crippen molar-refractivity contribution in [2.75, 3.05) is 27.3 Å². The molecule has 5 atom stereocenters. The highest BCUT2D eigenvalue weighted by molar-refractivity contribution is 5.91. The second-order valence-electron chi connectivity index (χ2n) is 16.2. The molecule has 2 saturated heterocycles. The third-order valence-electron chi connectivity index (χ3n) is 12.0. The molecule has 2 fully saturated rings. The fraction of sp³-hybridized carbons (Fsp3) is 0.319. The summed E-state index contributed by atoms with van der Waals surface area (Å²) in [6.45, 7) is 4.51. The van der Waals surface area contributed by atoms with E-state index in [0.29, 0.717) is 36.7 Å². The standard InChI is InChI=1S/C47H50N8O7/c1-27(2)40(52-46(58)59)44(56)55-26-35(61-3)23-39(55)43-49-24-36(50-43)29-14-12-28(13-15-29)31-16-17-33-22-34(19-18-32(33)21-31)37-25-48-42(51-37)38-11-8-20-54(38)45(57)41(53-47(60)62-4)30-9-6-5-7-10-30/h5-7,9-10,12-19,21-22,24-25,27,35,38-41,52H,8,11,20,23,26H2,1-4H3,(H,48,51)(H,49,50)(H,53,60)(H,58,59). The van der Waals surface area contributed by atoms with Crippen LogP contribution in [0.1, 0.15) is 68.4 Å². The molecule has 8 rings (SSSR count). The van der Waals surface area contributed by atoms with Crippen molar-refractivity contribution in [1.82, 2.24) is 40.4 Å². The molecule has 2 aromatic heterocycles. The molecular formula is C47H50N8O7. The molecule has 62 heavy (non-hydrogen) atoms. The molecule has 5 unspecified atom stereocenters. The van der Waals surface area contributed by atoms with Gasteiger partial charge in [0.1, 0.15) is 23.7 Å². The van der Waals surface area contributed by atoms with Crippen LogP contribution in [0, 0.1) is 5.92 Å². The summed E-state index contributed by atoms with van der Waals surface area (Å²) < 4.78 is 10.5. The lowest BCUT2D eigenvalue weighted by Crippen LogP contribution is -2.51. The van der Waals surface area contributed by atoms with Gasteiger partial charge >= 0.3 is 12.2 Å². The SMILES string of the molecule is COC(=O)NC(C(=O)N1CCCC1c1ncc(-c2ccc3cc(-c4ccc(-c5cnc(C6CC(OC)CN6C(=O)C(NC(=O)O)C(C)C)[nH]5)cc4)ccc3c2)[nH]1)c1ccccc1. The highest BCUT2D eigenvalue weighted by Crippen LogP contribution is 2.37. The molecule has 5 N–H and O–H groups in total. The summed E-state index contributed by atoms with van der Waals surface area (Å²) in [4.78, 5) is 71.0. The summed E-state index contributed by atoms with van der Waals surface area (Å²) in [6, 6.07) is 27.6. The highest BCUT2D eigenvalue weighted by Gasteiger charge is 2.42. The molecule has 15 heteroatoms. The number of hydrogen-bond donors (Lipinski definition) is 5. The van der Waals surface area contributed by atoms with E-state index in [0.717, 1.165) is 57.3 Å². The van der Waals surface area contributed by atoms with Gasteiger partial charge in [0.2, 0.25) is 5.91 Å². The van der Waals surface area contributed by atoms with Gasteiger partial charge < -0.3 is 45.0 Å². The number of H-pyrrole nitrogens is 2. The van der Waals surface area contributed by atoms with Gasteiger partial charge in [-0.3, -0.25) is 9.59 Å². The zero-order valence-electron chi connectivity index (χ0n) is 35.0. The van der Waals surface area contributed by atoms with Gasteiger partial charge in [0.05, 0.1) is 49.1 Å². The topological polar surface area (TPSA) is 195 Å². The van der Waals surface area contributed by atoms with Crippen molar-refractivity contribution in [3.05, 3.63) is 121 Å². The number of carbonyl (C=O) groups is 4. The van der Waals surface area contributed by atoms with Gasteiger partial charge in [-0.05, 0) is 63.9 Å². The Kier molecular flexibility index (Phi) is 12.1. The predicted octanol–water partition coefficient (Wildman–Crippen LogP) is 7.63. The lowest BCUT2D eigenvalue weighted by molar-refractivity contribution is -0.136. The van der Waals surface area contributed by atoms with E-state index in [9.17, 15) is 24.3 Å². The normalized spacial score (nSPS) is 18.5. The number of nitrogens with zero attached hydrogens (tertiary/aromatic N) is 4. The Morgan fingerprint density at radius 1 is 0.742 bits per heavy atom. The van der Waals surface area contributed by atoms with Crippen molar-refractivity contribution < 1.29 is 33.8 Å². The molecule has 2 aliphatic rings. The molecular weight excluding hydrogens is 789 g/mol. The zero-order chi connectivity index (χ0) is 43.5. The average molecular weight is 839 g/mol. The molecule has 0 spiro atoms. The van der Waals surface area contributed by atoms with Crippen molar-refractivity contribution in [1.29, 1.82) is 0 Å². The maximum Gasteiger partial charge on any atom is 0.407 e. The van der Waals surface area contributed by atoms with E-state index in [-0.39, 0.29) is 29.9 Å². The van der Waals surface area contributed by atoms with Crippen molar-refractivity contribution in [2.45, 2.75) is 63.4 Å². The maximum atomic E-state index is 13.9.